The smallest absolute Gasteiger partial charge is 0.266 e. The Kier molecular flexibility index (Phi) is 6.43. The largest absolute Gasteiger partial charge is 0.497 e. The van der Waals surface area contributed by atoms with E-state index in [0.717, 1.165) is 0 Å². The molecule has 7 nitrogen and oxygen atoms in total. The van der Waals surface area contributed by atoms with Gasteiger partial charge in [-0.2, -0.15) is 0 Å². The van der Waals surface area contributed by atoms with E-state index >= 15 is 0 Å². The molecule has 0 radical (unpaired) electrons. The molecule has 9 heteroatoms. The number of amides is 1. The summed E-state index contributed by atoms with van der Waals surface area (Å²) >= 11 is 7.23. The number of ether oxygens (including phenoxy) is 1. The minimum absolute atomic E-state index is 0.204. The molecule has 2 aromatic carbocycles. The van der Waals surface area contributed by atoms with Gasteiger partial charge in [-0.1, -0.05) is 41.6 Å². The summed E-state index contributed by atoms with van der Waals surface area (Å²) in [4.78, 5) is 34.8. The number of para-hydroxylation sites is 1. The van der Waals surface area contributed by atoms with Crippen LogP contribution in [0.5, 0.6) is 5.75 Å². The van der Waals surface area contributed by atoms with Crippen molar-refractivity contribution in [1.82, 2.24) is 14.5 Å². The lowest BCUT2D eigenvalue weighted by molar-refractivity contribution is -0.115. The van der Waals surface area contributed by atoms with Crippen molar-refractivity contribution in [2.24, 2.45) is 0 Å². The fourth-order valence-corrected chi connectivity index (χ4v) is 4.19. The third-order valence-electron chi connectivity index (χ3n) is 4.72. The Morgan fingerprint density at radius 3 is 2.75 bits per heavy atom. The minimum atomic E-state index is -0.573. The van der Waals surface area contributed by atoms with Crippen LogP contribution in [-0.4, -0.2) is 32.8 Å². The first-order chi connectivity index (χ1) is 15.5. The third kappa shape index (κ3) is 4.46. The molecule has 4 rings (SSSR count). The Labute approximate surface area is 193 Å². The summed E-state index contributed by atoms with van der Waals surface area (Å²) in [5.41, 5.74) is 1.35. The number of thioether (sulfide) groups is 1. The molecule has 0 saturated carbocycles. The molecule has 0 aliphatic heterocycles. The summed E-state index contributed by atoms with van der Waals surface area (Å²) in [7, 11) is 1.56. The van der Waals surface area contributed by atoms with Gasteiger partial charge in [0.1, 0.15) is 5.75 Å². The van der Waals surface area contributed by atoms with Crippen LogP contribution in [0.25, 0.3) is 16.6 Å². The van der Waals surface area contributed by atoms with Gasteiger partial charge in [0.05, 0.1) is 34.6 Å². The van der Waals surface area contributed by atoms with Gasteiger partial charge in [-0.3, -0.25) is 14.2 Å². The fraction of sp³-hybridized carbons (Fsp3) is 0.130. The molecule has 1 unspecified atom stereocenters. The molecule has 2 aromatic heterocycles. The summed E-state index contributed by atoms with van der Waals surface area (Å²) in [6.07, 6.45) is 1.54. The number of benzene rings is 2. The van der Waals surface area contributed by atoms with Crippen LogP contribution in [0.15, 0.2) is 76.8 Å². The molecular weight excluding hydrogens is 448 g/mol. The zero-order valence-corrected chi connectivity index (χ0v) is 18.9. The van der Waals surface area contributed by atoms with Crippen molar-refractivity contribution in [3.05, 3.63) is 82.4 Å². The van der Waals surface area contributed by atoms with Crippen LogP contribution >= 0.6 is 23.4 Å². The van der Waals surface area contributed by atoms with Crippen LogP contribution < -0.4 is 15.6 Å². The predicted octanol–water partition coefficient (Wildman–Crippen LogP) is 4.56. The van der Waals surface area contributed by atoms with Gasteiger partial charge in [0.15, 0.2) is 10.3 Å². The van der Waals surface area contributed by atoms with Gasteiger partial charge in [-0.15, -0.1) is 0 Å². The lowest BCUT2D eigenvalue weighted by Gasteiger charge is -2.17. The van der Waals surface area contributed by atoms with Crippen molar-refractivity contribution in [2.75, 3.05) is 12.4 Å². The Morgan fingerprint density at radius 1 is 1.16 bits per heavy atom. The Bertz CT molecular complexity index is 1360. The Hall–Kier alpha value is -3.36. The van der Waals surface area contributed by atoms with Crippen molar-refractivity contribution in [1.29, 1.82) is 0 Å². The number of halogens is 1. The second-order valence-electron chi connectivity index (χ2n) is 6.84. The molecule has 0 fully saturated rings. The van der Waals surface area contributed by atoms with Crippen LogP contribution in [0.1, 0.15) is 6.92 Å². The monoisotopic (exact) mass is 466 g/mol. The van der Waals surface area contributed by atoms with E-state index in [9.17, 15) is 9.59 Å². The summed E-state index contributed by atoms with van der Waals surface area (Å²) < 4.78 is 6.81. The Balaban J connectivity index is 1.74. The van der Waals surface area contributed by atoms with Gasteiger partial charge in [0.2, 0.25) is 5.91 Å². The number of nitrogens with one attached hydrogen (secondary N) is 1. The molecule has 0 aliphatic rings. The maximum atomic E-state index is 13.4. The van der Waals surface area contributed by atoms with Gasteiger partial charge in [-0.25, -0.2) is 9.97 Å². The van der Waals surface area contributed by atoms with Crippen LogP contribution in [0.4, 0.5) is 5.69 Å². The first kappa shape index (κ1) is 21.9. The summed E-state index contributed by atoms with van der Waals surface area (Å²) in [6.45, 7) is 1.74. The fourth-order valence-electron chi connectivity index (χ4n) is 3.09. The maximum Gasteiger partial charge on any atom is 0.266 e. The number of carbonyl (C=O) groups excluding carboxylic acids is 1. The SMILES string of the molecule is COc1cccc(-n2c(SC(C)C(=O)Nc3cccnc3Cl)nc3ccccc3c2=O)c1. The van der Waals surface area contributed by atoms with Crippen molar-refractivity contribution in [2.45, 2.75) is 17.3 Å². The number of nitrogens with zero attached hydrogens (tertiary/aromatic N) is 3. The number of pyridine rings is 1. The predicted molar refractivity (Wildman–Crippen MR) is 127 cm³/mol. The van der Waals surface area contributed by atoms with Gasteiger partial charge < -0.3 is 10.1 Å². The van der Waals surface area contributed by atoms with E-state index in [-0.39, 0.29) is 16.6 Å². The van der Waals surface area contributed by atoms with Crippen molar-refractivity contribution >= 4 is 45.9 Å². The van der Waals surface area contributed by atoms with E-state index in [0.29, 0.717) is 33.2 Å². The number of hydrogen-bond donors (Lipinski definition) is 1. The van der Waals surface area contributed by atoms with Crippen molar-refractivity contribution < 1.29 is 9.53 Å². The van der Waals surface area contributed by atoms with E-state index < -0.39 is 5.25 Å². The van der Waals surface area contributed by atoms with Gasteiger partial charge in [0.25, 0.3) is 5.56 Å². The number of hydrogen-bond acceptors (Lipinski definition) is 6. The van der Waals surface area contributed by atoms with Crippen LogP contribution in [0.2, 0.25) is 5.15 Å². The number of methoxy groups -OCH3 is 1. The average Bonchev–Trinajstić information content (AvgIpc) is 2.80. The molecule has 0 saturated heterocycles. The van der Waals surface area contributed by atoms with Crippen LogP contribution in [0, 0.1) is 0 Å². The lowest BCUT2D eigenvalue weighted by atomic mass is 10.2. The van der Waals surface area contributed by atoms with Gasteiger partial charge in [0, 0.05) is 12.3 Å². The number of rotatable bonds is 6. The molecular formula is C23H19ClN4O3S. The summed E-state index contributed by atoms with van der Waals surface area (Å²) in [5.74, 6) is 0.319. The molecule has 0 spiro atoms. The summed E-state index contributed by atoms with van der Waals surface area (Å²) in [5, 5.41) is 3.28. The molecule has 4 aromatic rings. The molecule has 1 N–H and O–H groups in total. The first-order valence-electron chi connectivity index (χ1n) is 9.72. The highest BCUT2D eigenvalue weighted by atomic mass is 35.5. The van der Waals surface area contributed by atoms with E-state index in [1.165, 1.54) is 16.3 Å². The zero-order valence-electron chi connectivity index (χ0n) is 17.3. The van der Waals surface area contributed by atoms with Crippen LogP contribution in [-0.2, 0) is 4.79 Å². The highest BCUT2D eigenvalue weighted by molar-refractivity contribution is 8.00. The van der Waals surface area contributed by atoms with Crippen molar-refractivity contribution in [3.63, 3.8) is 0 Å². The molecule has 1 atom stereocenters. The van der Waals surface area contributed by atoms with Gasteiger partial charge in [-0.05, 0) is 43.3 Å². The molecule has 162 valence electrons. The number of fused-ring (bicyclic) bond motifs is 1. The lowest BCUT2D eigenvalue weighted by Crippen LogP contribution is -2.26. The highest BCUT2D eigenvalue weighted by Crippen LogP contribution is 2.27. The average molecular weight is 467 g/mol. The highest BCUT2D eigenvalue weighted by Gasteiger charge is 2.21. The molecule has 1 amide bonds. The van der Waals surface area contributed by atoms with Crippen LogP contribution in [0.3, 0.4) is 0 Å². The minimum Gasteiger partial charge on any atom is -0.497 e. The molecule has 32 heavy (non-hydrogen) atoms. The first-order valence-corrected chi connectivity index (χ1v) is 11.0. The zero-order chi connectivity index (χ0) is 22.7. The number of carbonyl (C=O) groups is 1. The molecule has 0 aliphatic carbocycles. The van der Waals surface area contributed by atoms with Crippen molar-refractivity contribution in [3.8, 4) is 11.4 Å². The van der Waals surface area contributed by atoms with Gasteiger partial charge >= 0.3 is 0 Å². The molecule has 2 heterocycles. The normalized spacial score (nSPS) is 11.8. The van der Waals surface area contributed by atoms with E-state index in [4.69, 9.17) is 16.3 Å². The second-order valence-corrected chi connectivity index (χ2v) is 8.51. The maximum absolute atomic E-state index is 13.4. The quantitative estimate of drug-likeness (QED) is 0.254. The van der Waals surface area contributed by atoms with E-state index in [2.05, 4.69) is 15.3 Å². The number of anilines is 1. The van der Waals surface area contributed by atoms with E-state index in [1.807, 2.05) is 6.07 Å². The van der Waals surface area contributed by atoms with E-state index in [1.54, 1.807) is 74.8 Å². The third-order valence-corrected chi connectivity index (χ3v) is 6.08. The summed E-state index contributed by atoms with van der Waals surface area (Å²) in [6, 6.07) is 17.6. The topological polar surface area (TPSA) is 86.1 Å². The molecule has 0 bridgehead atoms. The Morgan fingerprint density at radius 2 is 1.97 bits per heavy atom. The standard InChI is InChI=1S/C23H19ClN4O3S/c1-14(21(29)26-19-11-6-12-25-20(19)24)32-23-27-18-10-4-3-9-17(18)22(30)28(23)15-7-5-8-16(13-15)31-2/h3-14H,1-2H3,(H,26,29). The second kappa shape index (κ2) is 9.42. The number of aromatic nitrogens is 3.